The van der Waals surface area contributed by atoms with Gasteiger partial charge in [0.1, 0.15) is 6.21 Å². The van der Waals surface area contributed by atoms with E-state index in [4.69, 9.17) is 5.21 Å². The van der Waals surface area contributed by atoms with Gasteiger partial charge in [0.05, 0.1) is 0 Å². The van der Waals surface area contributed by atoms with Crippen molar-refractivity contribution >= 4 is 12.0 Å². The Bertz CT molecular complexity index is 107. The van der Waals surface area contributed by atoms with Gasteiger partial charge in [-0.25, -0.2) is 0 Å². The van der Waals surface area contributed by atoms with E-state index in [2.05, 4.69) is 5.16 Å². The monoisotopic (exact) mass is 115 g/mol. The summed E-state index contributed by atoms with van der Waals surface area (Å²) >= 11 is 0. The molecule has 3 heteroatoms. The molecule has 0 spiro atoms. The van der Waals surface area contributed by atoms with E-state index < -0.39 is 0 Å². The molecule has 0 amide bonds. The Hall–Kier alpha value is -0.860. The Labute approximate surface area is 48.0 Å². The molecule has 0 bridgehead atoms. The lowest BCUT2D eigenvalue weighted by molar-refractivity contribution is -0.115. The highest BCUT2D eigenvalue weighted by Gasteiger charge is 2.01. The molecule has 1 N–H and O–H groups in total. The maximum atomic E-state index is 10.4. The fraction of sp³-hybridized carbons (Fsp3) is 0.600. The lowest BCUT2D eigenvalue weighted by Gasteiger charge is -1.92. The quantitative estimate of drug-likeness (QED) is 0.326. The molecule has 0 aliphatic heterocycles. The van der Waals surface area contributed by atoms with Crippen LogP contribution in [0.2, 0.25) is 0 Å². The minimum atomic E-state index is -0.160. The van der Waals surface area contributed by atoms with Gasteiger partial charge in [0, 0.05) is 5.92 Å². The number of hydrogen-bond donors (Lipinski definition) is 1. The van der Waals surface area contributed by atoms with E-state index in [1.807, 2.05) is 0 Å². The van der Waals surface area contributed by atoms with Gasteiger partial charge in [0.15, 0.2) is 5.78 Å². The summed E-state index contributed by atoms with van der Waals surface area (Å²) in [5, 5.41) is 10.4. The first-order chi connectivity index (χ1) is 3.68. The van der Waals surface area contributed by atoms with Crippen LogP contribution in [0.4, 0.5) is 0 Å². The zero-order chi connectivity index (χ0) is 6.57. The topological polar surface area (TPSA) is 49.7 Å². The number of carbonyl (C=O) groups excluding carboxylic acids is 1. The Morgan fingerprint density at radius 1 is 1.75 bits per heavy atom. The van der Waals surface area contributed by atoms with Crippen molar-refractivity contribution in [1.82, 2.24) is 0 Å². The zero-order valence-electron chi connectivity index (χ0n) is 4.96. The van der Waals surface area contributed by atoms with Gasteiger partial charge in [-0.05, 0) is 0 Å². The van der Waals surface area contributed by atoms with Gasteiger partial charge in [0.2, 0.25) is 0 Å². The van der Waals surface area contributed by atoms with E-state index in [1.165, 1.54) is 0 Å². The van der Waals surface area contributed by atoms with Crippen LogP contribution in [-0.4, -0.2) is 17.2 Å². The predicted octanol–water partition coefficient (Wildman–Crippen LogP) is 0.671. The molecule has 0 aromatic heterocycles. The maximum absolute atomic E-state index is 10.4. The first kappa shape index (κ1) is 7.14. The fourth-order valence-corrected chi connectivity index (χ4v) is 0.206. The highest BCUT2D eigenvalue weighted by molar-refractivity contribution is 6.27. The summed E-state index contributed by atoms with van der Waals surface area (Å²) in [6.45, 7) is 3.48. The average Bonchev–Trinajstić information content (AvgIpc) is 1.67. The number of ketones is 1. The summed E-state index contributed by atoms with van der Waals surface area (Å²) < 4.78 is 0. The molecule has 46 valence electrons. The third kappa shape index (κ3) is 2.34. The van der Waals surface area contributed by atoms with Crippen molar-refractivity contribution in [3.8, 4) is 0 Å². The SMILES string of the molecule is CC(C)C(=O)/C=N/O. The molecule has 0 saturated carbocycles. The van der Waals surface area contributed by atoms with Gasteiger partial charge in [-0.1, -0.05) is 19.0 Å². The van der Waals surface area contributed by atoms with E-state index in [0.717, 1.165) is 6.21 Å². The summed E-state index contributed by atoms with van der Waals surface area (Å²) in [5.74, 6) is -0.238. The minimum absolute atomic E-state index is 0.0779. The standard InChI is InChI=1S/C5H9NO2/c1-4(2)5(7)3-6-8/h3-4,8H,1-2H3/b6-3+. The second-order valence-electron chi connectivity index (χ2n) is 1.80. The van der Waals surface area contributed by atoms with Crippen LogP contribution in [0.3, 0.4) is 0 Å². The van der Waals surface area contributed by atoms with Crippen molar-refractivity contribution in [2.45, 2.75) is 13.8 Å². The highest BCUT2D eigenvalue weighted by Crippen LogP contribution is 1.89. The summed E-state index contributed by atoms with van der Waals surface area (Å²) in [6, 6.07) is 0. The second kappa shape index (κ2) is 3.18. The third-order valence-electron chi connectivity index (χ3n) is 0.754. The van der Waals surface area contributed by atoms with Crippen molar-refractivity contribution < 1.29 is 10.0 Å². The van der Waals surface area contributed by atoms with Crippen molar-refractivity contribution in [3.05, 3.63) is 0 Å². The number of hydrogen-bond acceptors (Lipinski definition) is 3. The molecule has 0 heterocycles. The highest BCUT2D eigenvalue weighted by atomic mass is 16.4. The molecule has 0 fully saturated rings. The third-order valence-corrected chi connectivity index (χ3v) is 0.754. The lowest BCUT2D eigenvalue weighted by Crippen LogP contribution is -2.07. The van der Waals surface area contributed by atoms with Gasteiger partial charge in [-0.2, -0.15) is 0 Å². The summed E-state index contributed by atoms with van der Waals surface area (Å²) in [6.07, 6.45) is 0.907. The molecule has 0 aromatic rings. The summed E-state index contributed by atoms with van der Waals surface area (Å²) in [7, 11) is 0. The molecule has 0 radical (unpaired) electrons. The molecule has 0 aromatic carbocycles. The van der Waals surface area contributed by atoms with Gasteiger partial charge < -0.3 is 5.21 Å². The molecule has 0 aliphatic carbocycles. The molecule has 8 heavy (non-hydrogen) atoms. The van der Waals surface area contributed by atoms with E-state index in [-0.39, 0.29) is 11.7 Å². The molecule has 0 saturated heterocycles. The van der Waals surface area contributed by atoms with E-state index >= 15 is 0 Å². The lowest BCUT2D eigenvalue weighted by atomic mass is 10.1. The Morgan fingerprint density at radius 2 is 2.25 bits per heavy atom. The normalized spacial score (nSPS) is 10.9. The Balaban J connectivity index is 3.66. The molecule has 0 aliphatic rings. The Kier molecular flexibility index (Phi) is 2.84. The molecular weight excluding hydrogens is 106 g/mol. The Morgan fingerprint density at radius 3 is 2.38 bits per heavy atom. The smallest absolute Gasteiger partial charge is 0.179 e. The van der Waals surface area contributed by atoms with Crippen molar-refractivity contribution in [2.75, 3.05) is 0 Å². The maximum Gasteiger partial charge on any atom is 0.179 e. The number of carbonyl (C=O) groups is 1. The van der Waals surface area contributed by atoms with Crippen LogP contribution >= 0.6 is 0 Å². The number of Topliss-reactive ketones (excluding diaryl/α,β-unsaturated/α-hetero) is 1. The van der Waals surface area contributed by atoms with Gasteiger partial charge >= 0.3 is 0 Å². The average molecular weight is 115 g/mol. The first-order valence-electron chi connectivity index (χ1n) is 2.39. The van der Waals surface area contributed by atoms with Crippen LogP contribution in [0.15, 0.2) is 5.16 Å². The zero-order valence-corrected chi connectivity index (χ0v) is 4.96. The van der Waals surface area contributed by atoms with Crippen molar-refractivity contribution in [2.24, 2.45) is 11.1 Å². The first-order valence-corrected chi connectivity index (χ1v) is 2.39. The number of rotatable bonds is 2. The number of oxime groups is 1. The van der Waals surface area contributed by atoms with E-state index in [9.17, 15) is 4.79 Å². The minimum Gasteiger partial charge on any atom is -0.411 e. The van der Waals surface area contributed by atoms with E-state index in [1.54, 1.807) is 13.8 Å². The van der Waals surface area contributed by atoms with Crippen LogP contribution in [0.1, 0.15) is 13.8 Å². The van der Waals surface area contributed by atoms with Crippen LogP contribution < -0.4 is 0 Å². The van der Waals surface area contributed by atoms with Gasteiger partial charge in [-0.15, -0.1) is 0 Å². The summed E-state index contributed by atoms with van der Waals surface area (Å²) in [4.78, 5) is 10.4. The van der Waals surface area contributed by atoms with Crippen LogP contribution in [0.25, 0.3) is 0 Å². The summed E-state index contributed by atoms with van der Waals surface area (Å²) in [5.41, 5.74) is 0. The second-order valence-corrected chi connectivity index (χ2v) is 1.80. The van der Waals surface area contributed by atoms with Crippen LogP contribution in [-0.2, 0) is 4.79 Å². The van der Waals surface area contributed by atoms with E-state index in [0.29, 0.717) is 0 Å². The van der Waals surface area contributed by atoms with Crippen molar-refractivity contribution in [1.29, 1.82) is 0 Å². The van der Waals surface area contributed by atoms with Gasteiger partial charge in [-0.3, -0.25) is 4.79 Å². The predicted molar refractivity (Wildman–Crippen MR) is 30.1 cm³/mol. The molecule has 0 atom stereocenters. The van der Waals surface area contributed by atoms with Crippen LogP contribution in [0.5, 0.6) is 0 Å². The number of nitrogens with zero attached hydrogens (tertiary/aromatic N) is 1. The fourth-order valence-electron chi connectivity index (χ4n) is 0.206. The molecular formula is C5H9NO2. The molecule has 3 nitrogen and oxygen atoms in total. The van der Waals surface area contributed by atoms with Gasteiger partial charge in [0.25, 0.3) is 0 Å². The van der Waals surface area contributed by atoms with Crippen LogP contribution in [0, 0.1) is 5.92 Å². The van der Waals surface area contributed by atoms with Crippen molar-refractivity contribution in [3.63, 3.8) is 0 Å². The molecule has 0 unspecified atom stereocenters. The largest absolute Gasteiger partial charge is 0.411 e. The molecule has 0 rings (SSSR count).